The molecule has 0 saturated carbocycles. The van der Waals surface area contributed by atoms with Crippen molar-refractivity contribution in [1.82, 2.24) is 9.38 Å². The molecule has 4 aromatic rings. The molecule has 108 valence electrons. The third-order valence-electron chi connectivity index (χ3n) is 3.37. The van der Waals surface area contributed by atoms with E-state index in [4.69, 9.17) is 16.0 Å². The topological polar surface area (TPSA) is 42.5 Å². The molecule has 0 radical (unpaired) electrons. The maximum absolute atomic E-state index is 6.06. The zero-order valence-electron chi connectivity index (χ0n) is 11.5. The second-order valence-corrected chi connectivity index (χ2v) is 5.29. The molecule has 5 heteroatoms. The Hall–Kier alpha value is -2.72. The molecule has 4 rings (SSSR count). The van der Waals surface area contributed by atoms with Gasteiger partial charge in [0, 0.05) is 16.9 Å². The number of fused-ring (bicyclic) bond motifs is 1. The number of benzene rings is 1. The molecule has 0 spiro atoms. The third-order valence-corrected chi connectivity index (χ3v) is 3.61. The lowest BCUT2D eigenvalue weighted by Gasteiger charge is -2.08. The summed E-state index contributed by atoms with van der Waals surface area (Å²) in [5, 5.41) is 4.06. The van der Waals surface area contributed by atoms with Crippen LogP contribution in [-0.4, -0.2) is 9.38 Å². The minimum atomic E-state index is 0.679. The van der Waals surface area contributed by atoms with Crippen molar-refractivity contribution in [3.8, 4) is 11.5 Å². The summed E-state index contributed by atoms with van der Waals surface area (Å²) in [7, 11) is 0. The maximum Gasteiger partial charge on any atom is 0.156 e. The summed E-state index contributed by atoms with van der Waals surface area (Å²) in [6.07, 6.45) is 3.60. The Labute approximate surface area is 132 Å². The fraction of sp³-hybridized carbons (Fsp3) is 0. The lowest BCUT2D eigenvalue weighted by atomic mass is 10.3. The van der Waals surface area contributed by atoms with Gasteiger partial charge in [0.05, 0.1) is 6.26 Å². The summed E-state index contributed by atoms with van der Waals surface area (Å²) in [5.74, 6) is 1.56. The molecule has 0 aliphatic heterocycles. The Kier molecular flexibility index (Phi) is 3.09. The number of furan rings is 1. The Morgan fingerprint density at radius 3 is 2.82 bits per heavy atom. The number of rotatable bonds is 3. The van der Waals surface area contributed by atoms with Gasteiger partial charge in [-0.1, -0.05) is 23.7 Å². The van der Waals surface area contributed by atoms with Crippen molar-refractivity contribution in [2.24, 2.45) is 0 Å². The molecule has 0 atom stereocenters. The average Bonchev–Trinajstić information content (AvgIpc) is 3.15. The number of pyridine rings is 1. The van der Waals surface area contributed by atoms with E-state index >= 15 is 0 Å². The molecule has 0 unspecified atom stereocenters. The van der Waals surface area contributed by atoms with E-state index in [2.05, 4.69) is 10.3 Å². The van der Waals surface area contributed by atoms with Crippen LogP contribution in [0.2, 0.25) is 5.02 Å². The predicted octanol–water partition coefficient (Wildman–Crippen LogP) is 4.99. The van der Waals surface area contributed by atoms with Gasteiger partial charge in [0.15, 0.2) is 5.76 Å². The van der Waals surface area contributed by atoms with E-state index in [9.17, 15) is 0 Å². The molecular weight excluding hydrogens is 298 g/mol. The standard InChI is InChI=1S/C17H12ClN3O/c18-12-5-3-6-13(11-12)19-17-16(14-7-4-10-22-14)20-15-8-1-2-9-21(15)17/h1-11,19H. The molecule has 3 heterocycles. The van der Waals surface area contributed by atoms with Crippen LogP contribution in [0.1, 0.15) is 0 Å². The highest BCUT2D eigenvalue weighted by Crippen LogP contribution is 2.31. The van der Waals surface area contributed by atoms with E-state index < -0.39 is 0 Å². The first kappa shape index (κ1) is 13.0. The van der Waals surface area contributed by atoms with Crippen LogP contribution in [0, 0.1) is 0 Å². The van der Waals surface area contributed by atoms with Crippen molar-refractivity contribution in [1.29, 1.82) is 0 Å². The molecule has 0 amide bonds. The summed E-state index contributed by atoms with van der Waals surface area (Å²) in [6.45, 7) is 0. The second kappa shape index (κ2) is 5.24. The van der Waals surface area contributed by atoms with Gasteiger partial charge in [-0.25, -0.2) is 4.98 Å². The van der Waals surface area contributed by atoms with Crippen LogP contribution in [0.15, 0.2) is 71.5 Å². The fourth-order valence-electron chi connectivity index (χ4n) is 2.40. The molecule has 1 N–H and O–H groups in total. The number of hydrogen-bond donors (Lipinski definition) is 1. The zero-order chi connectivity index (χ0) is 14.9. The highest BCUT2D eigenvalue weighted by Gasteiger charge is 2.16. The summed E-state index contributed by atoms with van der Waals surface area (Å²) in [4.78, 5) is 4.65. The summed E-state index contributed by atoms with van der Waals surface area (Å²) in [6, 6.07) is 17.2. The molecule has 22 heavy (non-hydrogen) atoms. The van der Waals surface area contributed by atoms with Crippen LogP contribution in [0.5, 0.6) is 0 Å². The van der Waals surface area contributed by atoms with Crippen molar-refractivity contribution in [2.45, 2.75) is 0 Å². The molecule has 3 aromatic heterocycles. The van der Waals surface area contributed by atoms with E-state index in [1.807, 2.05) is 65.2 Å². The van der Waals surface area contributed by atoms with Crippen molar-refractivity contribution < 1.29 is 4.42 Å². The van der Waals surface area contributed by atoms with Crippen molar-refractivity contribution >= 4 is 28.8 Å². The number of aromatic nitrogens is 2. The largest absolute Gasteiger partial charge is 0.463 e. The number of nitrogens with one attached hydrogen (secondary N) is 1. The minimum Gasteiger partial charge on any atom is -0.463 e. The van der Waals surface area contributed by atoms with Crippen molar-refractivity contribution in [3.63, 3.8) is 0 Å². The number of hydrogen-bond acceptors (Lipinski definition) is 3. The maximum atomic E-state index is 6.06. The highest BCUT2D eigenvalue weighted by atomic mass is 35.5. The lowest BCUT2D eigenvalue weighted by Crippen LogP contribution is -1.96. The van der Waals surface area contributed by atoms with Gasteiger partial charge in [0.1, 0.15) is 17.2 Å². The van der Waals surface area contributed by atoms with Crippen LogP contribution in [0.3, 0.4) is 0 Å². The first-order valence-electron chi connectivity index (χ1n) is 6.85. The van der Waals surface area contributed by atoms with E-state index in [0.29, 0.717) is 10.8 Å². The Balaban J connectivity index is 1.89. The number of nitrogens with zero attached hydrogens (tertiary/aromatic N) is 2. The Morgan fingerprint density at radius 1 is 1.05 bits per heavy atom. The third kappa shape index (κ3) is 2.23. The smallest absolute Gasteiger partial charge is 0.156 e. The quantitative estimate of drug-likeness (QED) is 0.579. The van der Waals surface area contributed by atoms with Gasteiger partial charge in [0.25, 0.3) is 0 Å². The number of halogens is 1. The van der Waals surface area contributed by atoms with E-state index in [1.54, 1.807) is 6.26 Å². The van der Waals surface area contributed by atoms with Gasteiger partial charge in [-0.05, 0) is 42.5 Å². The monoisotopic (exact) mass is 309 g/mol. The van der Waals surface area contributed by atoms with E-state index in [1.165, 1.54) is 0 Å². The molecule has 4 nitrogen and oxygen atoms in total. The Morgan fingerprint density at radius 2 is 2.00 bits per heavy atom. The summed E-state index contributed by atoms with van der Waals surface area (Å²) >= 11 is 6.06. The van der Waals surface area contributed by atoms with E-state index in [-0.39, 0.29) is 0 Å². The van der Waals surface area contributed by atoms with Gasteiger partial charge in [-0.2, -0.15) is 0 Å². The molecule has 0 fully saturated rings. The minimum absolute atomic E-state index is 0.679. The van der Waals surface area contributed by atoms with Crippen LogP contribution >= 0.6 is 11.6 Å². The molecule has 0 bridgehead atoms. The molecule has 0 aliphatic carbocycles. The number of imidazole rings is 1. The van der Waals surface area contributed by atoms with Gasteiger partial charge < -0.3 is 9.73 Å². The van der Waals surface area contributed by atoms with Gasteiger partial charge in [-0.15, -0.1) is 0 Å². The zero-order valence-corrected chi connectivity index (χ0v) is 12.3. The average molecular weight is 310 g/mol. The SMILES string of the molecule is Clc1cccc(Nc2c(-c3ccco3)nc3ccccn23)c1. The fourth-order valence-corrected chi connectivity index (χ4v) is 2.59. The first-order chi connectivity index (χ1) is 10.8. The molecule has 0 saturated heterocycles. The molecule has 0 aliphatic rings. The van der Waals surface area contributed by atoms with Crippen molar-refractivity contribution in [3.05, 3.63) is 72.1 Å². The first-order valence-corrected chi connectivity index (χ1v) is 7.22. The molecule has 1 aromatic carbocycles. The lowest BCUT2D eigenvalue weighted by molar-refractivity contribution is 0.581. The predicted molar refractivity (Wildman–Crippen MR) is 87.6 cm³/mol. The van der Waals surface area contributed by atoms with Gasteiger partial charge in [-0.3, -0.25) is 4.40 Å². The van der Waals surface area contributed by atoms with Crippen LogP contribution in [0.25, 0.3) is 17.1 Å². The Bertz CT molecular complexity index is 928. The second-order valence-electron chi connectivity index (χ2n) is 4.85. The van der Waals surface area contributed by atoms with Crippen LogP contribution < -0.4 is 5.32 Å². The highest BCUT2D eigenvalue weighted by molar-refractivity contribution is 6.30. The normalized spacial score (nSPS) is 11.0. The summed E-state index contributed by atoms with van der Waals surface area (Å²) < 4.78 is 7.49. The van der Waals surface area contributed by atoms with Crippen molar-refractivity contribution in [2.75, 3.05) is 5.32 Å². The van der Waals surface area contributed by atoms with E-state index in [0.717, 1.165) is 22.8 Å². The molecular formula is C17H12ClN3O. The summed E-state index contributed by atoms with van der Waals surface area (Å²) in [5.41, 5.74) is 2.50. The van der Waals surface area contributed by atoms with Crippen LogP contribution in [0.4, 0.5) is 11.5 Å². The van der Waals surface area contributed by atoms with Crippen LogP contribution in [-0.2, 0) is 0 Å². The van der Waals surface area contributed by atoms with Gasteiger partial charge in [0.2, 0.25) is 0 Å². The van der Waals surface area contributed by atoms with Gasteiger partial charge >= 0.3 is 0 Å². The number of anilines is 2.